The first-order valence-corrected chi connectivity index (χ1v) is 6.20. The second-order valence-electron chi connectivity index (χ2n) is 5.49. The Kier molecular flexibility index (Phi) is 4.37. The minimum absolute atomic E-state index is 0.186. The highest BCUT2D eigenvalue weighted by Gasteiger charge is 2.16. The first kappa shape index (κ1) is 13.1. The van der Waals surface area contributed by atoms with E-state index in [1.165, 1.54) is 0 Å². The van der Waals surface area contributed by atoms with Crippen molar-refractivity contribution in [3.8, 4) is 0 Å². The zero-order valence-corrected chi connectivity index (χ0v) is 11.6. The van der Waals surface area contributed by atoms with Gasteiger partial charge in [0.2, 0.25) is 1.43 Å². The first-order valence-electron chi connectivity index (χ1n) is 6.61. The third kappa shape index (κ3) is 4.88. The third-order valence-corrected chi connectivity index (χ3v) is 2.60. The molecule has 0 fully saturated rings. The summed E-state index contributed by atoms with van der Waals surface area (Å²) < 4.78 is 12.0. The van der Waals surface area contributed by atoms with Gasteiger partial charge in [-0.15, -0.1) is 0 Å². The molecule has 0 unspecified atom stereocenters. The largest absolute Gasteiger partial charge is 0.460 e. The molecule has 0 aliphatic rings. The Morgan fingerprint density at radius 3 is 2.78 bits per heavy atom. The second kappa shape index (κ2) is 6.01. The van der Waals surface area contributed by atoms with E-state index in [1.807, 2.05) is 45.9 Å². The van der Waals surface area contributed by atoms with E-state index in [0.29, 0.717) is 12.8 Å². The van der Waals surface area contributed by atoms with E-state index in [2.05, 4.69) is 5.11 Å². The van der Waals surface area contributed by atoms with Gasteiger partial charge in [-0.2, -0.15) is 0 Å². The summed E-state index contributed by atoms with van der Waals surface area (Å²) in [6.07, 6.45) is 1.01. The normalized spacial score (nSPS) is 12.1. The van der Waals surface area contributed by atoms with E-state index < -0.39 is 5.60 Å². The van der Waals surface area contributed by atoms with Crippen molar-refractivity contribution in [2.45, 2.75) is 52.7 Å². The van der Waals surface area contributed by atoms with Crippen LogP contribution in [0.4, 0.5) is 0 Å². The summed E-state index contributed by atoms with van der Waals surface area (Å²) in [5.41, 5.74) is 2.74. The Bertz CT molecular complexity index is 436. The summed E-state index contributed by atoms with van der Waals surface area (Å²) in [6, 6.07) is 5.90. The van der Waals surface area contributed by atoms with Crippen LogP contribution in [0.1, 0.15) is 43.9 Å². The predicted molar refractivity (Wildman–Crippen MR) is 71.3 cm³/mol. The number of benzene rings is 1. The molecule has 0 saturated heterocycles. The molecule has 3 nitrogen and oxygen atoms in total. The Morgan fingerprint density at radius 1 is 1.44 bits per heavy atom. The quantitative estimate of drug-likeness (QED) is 0.820. The molecular weight excluding hydrogens is 228 g/mol. The maximum atomic E-state index is 11.7. The lowest BCUT2D eigenvalue weighted by Crippen LogP contribution is -2.24. The summed E-state index contributed by atoms with van der Waals surface area (Å²) in [4.78, 5) is 11.7. The van der Waals surface area contributed by atoms with Gasteiger partial charge >= 0.3 is 5.97 Å². The number of hydrogen-bond donors (Lipinski definition) is 1. The summed E-state index contributed by atoms with van der Waals surface area (Å²) in [6.45, 7) is 7.86. The number of aliphatic hydroxyl groups is 1. The average molecular weight is 252 g/mol. The van der Waals surface area contributed by atoms with Crippen molar-refractivity contribution in [1.82, 2.24) is 0 Å². The molecule has 0 amide bonds. The fourth-order valence-corrected chi connectivity index (χ4v) is 1.71. The van der Waals surface area contributed by atoms with Crippen molar-refractivity contribution >= 4 is 5.97 Å². The van der Waals surface area contributed by atoms with Crippen LogP contribution in [0.15, 0.2) is 18.2 Å². The Morgan fingerprint density at radius 2 is 2.17 bits per heavy atom. The van der Waals surface area contributed by atoms with Crippen molar-refractivity contribution in [2.75, 3.05) is 0 Å². The summed E-state index contributed by atoms with van der Waals surface area (Å²) in [5, 5.41) is 4.37. The topological polar surface area (TPSA) is 46.5 Å². The average Bonchev–Trinajstić information content (AvgIpc) is 2.28. The van der Waals surface area contributed by atoms with Crippen molar-refractivity contribution in [3.63, 3.8) is 0 Å². The molecule has 0 spiro atoms. The number of rotatable bonds is 5. The molecule has 1 N–H and O–H groups in total. The van der Waals surface area contributed by atoms with Crippen LogP contribution in [0, 0.1) is 6.92 Å². The molecule has 3 heteroatoms. The highest BCUT2D eigenvalue weighted by molar-refractivity contribution is 5.70. The van der Waals surface area contributed by atoms with E-state index in [0.717, 1.165) is 16.7 Å². The highest BCUT2D eigenvalue weighted by atomic mass is 16.6. The Hall–Kier alpha value is -1.35. The van der Waals surface area contributed by atoms with Crippen molar-refractivity contribution in [3.05, 3.63) is 34.9 Å². The van der Waals surface area contributed by atoms with Crippen LogP contribution >= 0.6 is 0 Å². The summed E-state index contributed by atoms with van der Waals surface area (Å²) in [7, 11) is 0. The minimum Gasteiger partial charge on any atom is -0.460 e. The second-order valence-corrected chi connectivity index (χ2v) is 5.49. The lowest BCUT2D eigenvalue weighted by atomic mass is 10.0. The number of carbonyl (C=O) groups excluding carboxylic acids is 1. The van der Waals surface area contributed by atoms with Crippen LogP contribution in [-0.4, -0.2) is 18.1 Å². The molecule has 1 aromatic carbocycles. The van der Waals surface area contributed by atoms with Gasteiger partial charge in [-0.05, 0) is 50.8 Å². The molecule has 0 heterocycles. The number of aliphatic hydroxyl groups excluding tert-OH is 1. The smallest absolute Gasteiger partial charge is 0.306 e. The number of aryl methyl sites for hydroxylation is 2. The van der Waals surface area contributed by atoms with E-state index >= 15 is 0 Å². The van der Waals surface area contributed by atoms with E-state index in [-0.39, 0.29) is 12.6 Å². The van der Waals surface area contributed by atoms with Gasteiger partial charge in [0.15, 0.2) is 0 Å². The molecule has 0 atom stereocenters. The molecule has 100 valence electrons. The molecule has 1 aromatic rings. The first-order chi connectivity index (χ1) is 8.81. The van der Waals surface area contributed by atoms with Crippen LogP contribution in [0.2, 0.25) is 0 Å². The van der Waals surface area contributed by atoms with Crippen LogP contribution < -0.4 is 0 Å². The number of esters is 1. The van der Waals surface area contributed by atoms with Gasteiger partial charge in [-0.3, -0.25) is 4.79 Å². The summed E-state index contributed by atoms with van der Waals surface area (Å²) in [5.74, 6) is -0.186. The maximum Gasteiger partial charge on any atom is 0.306 e. The zero-order valence-electron chi connectivity index (χ0n) is 12.6. The Balaban J connectivity index is 2.61. The van der Waals surface area contributed by atoms with Gasteiger partial charge in [0, 0.05) is 6.42 Å². The van der Waals surface area contributed by atoms with Gasteiger partial charge in [0.25, 0.3) is 0 Å². The van der Waals surface area contributed by atoms with E-state index in [4.69, 9.17) is 6.17 Å². The number of hydrogen-bond acceptors (Lipinski definition) is 3. The molecule has 18 heavy (non-hydrogen) atoms. The third-order valence-electron chi connectivity index (χ3n) is 2.60. The monoisotopic (exact) mass is 252 g/mol. The lowest BCUT2D eigenvalue weighted by Gasteiger charge is -2.19. The number of ether oxygens (including phenoxy) is 1. The predicted octanol–water partition coefficient (Wildman–Crippen LogP) is 2.76. The van der Waals surface area contributed by atoms with Crippen molar-refractivity contribution < 1.29 is 14.6 Å². The molecule has 0 saturated carbocycles. The maximum absolute atomic E-state index is 11.7. The SMILES string of the molecule is [3H]OCc1ccc(C)c(CCC(=O)OC(C)(C)C)c1. The fraction of sp³-hybridized carbons (Fsp3) is 0.533. The minimum atomic E-state index is -0.437. The van der Waals surface area contributed by atoms with Crippen molar-refractivity contribution in [2.24, 2.45) is 0 Å². The lowest BCUT2D eigenvalue weighted by molar-refractivity contribution is -0.154. The van der Waals surface area contributed by atoms with Crippen LogP contribution in [0.5, 0.6) is 0 Å². The van der Waals surface area contributed by atoms with Gasteiger partial charge in [0.1, 0.15) is 5.60 Å². The molecule has 0 radical (unpaired) electrons. The molecule has 1 rings (SSSR count). The van der Waals surface area contributed by atoms with Gasteiger partial charge in [-0.25, -0.2) is 0 Å². The summed E-state index contributed by atoms with van der Waals surface area (Å²) >= 11 is 0. The van der Waals surface area contributed by atoms with Gasteiger partial charge in [-0.1, -0.05) is 18.2 Å². The van der Waals surface area contributed by atoms with Crippen LogP contribution in [0.25, 0.3) is 0 Å². The molecule has 0 aromatic heterocycles. The Labute approximate surface area is 110 Å². The van der Waals surface area contributed by atoms with E-state index in [9.17, 15) is 4.79 Å². The van der Waals surface area contributed by atoms with Crippen molar-refractivity contribution in [1.29, 1.82) is 1.43 Å². The fourth-order valence-electron chi connectivity index (χ4n) is 1.71. The molecule has 0 aliphatic carbocycles. The molecule has 0 bridgehead atoms. The van der Waals surface area contributed by atoms with Gasteiger partial charge in [0.05, 0.1) is 6.61 Å². The van der Waals surface area contributed by atoms with Gasteiger partial charge < -0.3 is 9.85 Å². The number of carbonyl (C=O) groups is 1. The zero-order chi connectivity index (χ0) is 14.5. The van der Waals surface area contributed by atoms with Crippen LogP contribution in [0.3, 0.4) is 0 Å². The highest BCUT2D eigenvalue weighted by Crippen LogP contribution is 2.15. The van der Waals surface area contributed by atoms with E-state index in [1.54, 1.807) is 0 Å². The molecule has 0 aliphatic heterocycles. The van der Waals surface area contributed by atoms with Crippen LogP contribution in [-0.2, 0) is 22.6 Å². The standard InChI is InChI=1S/C15H22O3/c1-11-5-6-12(10-16)9-13(11)7-8-14(17)18-15(2,3)4/h5-6,9,16H,7-8,10H2,1-4H3/i16T. The molecular formula is C15H22O3.